The van der Waals surface area contributed by atoms with E-state index in [0.717, 1.165) is 12.1 Å². The van der Waals surface area contributed by atoms with Gasteiger partial charge in [0.1, 0.15) is 5.56 Å². The van der Waals surface area contributed by atoms with Gasteiger partial charge in [0.25, 0.3) is 5.91 Å². The van der Waals surface area contributed by atoms with E-state index in [1.54, 1.807) is 6.92 Å². The second-order valence-corrected chi connectivity index (χ2v) is 3.51. The van der Waals surface area contributed by atoms with Gasteiger partial charge in [-0.1, -0.05) is 12.2 Å². The van der Waals surface area contributed by atoms with E-state index < -0.39 is 0 Å². The lowest BCUT2D eigenvalue weighted by Crippen LogP contribution is -2.29. The van der Waals surface area contributed by atoms with E-state index in [2.05, 4.69) is 10.3 Å². The van der Waals surface area contributed by atoms with Crippen molar-refractivity contribution in [1.82, 2.24) is 10.3 Å². The molecule has 1 aromatic heterocycles. The summed E-state index contributed by atoms with van der Waals surface area (Å²) >= 11 is 0. The number of rotatable bonds is 4. The van der Waals surface area contributed by atoms with Gasteiger partial charge < -0.3 is 10.3 Å². The summed E-state index contributed by atoms with van der Waals surface area (Å²) in [5.74, 6) is -0.328. The van der Waals surface area contributed by atoms with Crippen molar-refractivity contribution in [1.29, 1.82) is 0 Å². The third-order valence-electron chi connectivity index (χ3n) is 2.13. The van der Waals surface area contributed by atoms with Crippen molar-refractivity contribution in [2.45, 2.75) is 20.3 Å². The number of carbonyl (C=O) groups is 1. The lowest BCUT2D eigenvalue weighted by atomic mass is 10.2. The fraction of sp³-hybridized carbons (Fsp3) is 0.333. The summed E-state index contributed by atoms with van der Waals surface area (Å²) in [5.41, 5.74) is 0.654. The Balaban J connectivity index is 2.63. The minimum Gasteiger partial charge on any atom is -0.364 e. The van der Waals surface area contributed by atoms with Gasteiger partial charge in [0, 0.05) is 24.5 Å². The average Bonchev–Trinajstić information content (AvgIpc) is 2.24. The van der Waals surface area contributed by atoms with Crippen molar-refractivity contribution < 1.29 is 4.79 Å². The van der Waals surface area contributed by atoms with Crippen LogP contribution in [0.3, 0.4) is 0 Å². The van der Waals surface area contributed by atoms with Gasteiger partial charge >= 0.3 is 0 Å². The molecule has 0 spiro atoms. The second kappa shape index (κ2) is 5.90. The van der Waals surface area contributed by atoms with Crippen LogP contribution in [0.4, 0.5) is 0 Å². The minimum absolute atomic E-state index is 0.158. The van der Waals surface area contributed by atoms with Crippen molar-refractivity contribution >= 4 is 5.91 Å². The molecule has 0 saturated carbocycles. The summed E-state index contributed by atoms with van der Waals surface area (Å²) in [6, 6.07) is 1.42. The summed E-state index contributed by atoms with van der Waals surface area (Å²) in [4.78, 5) is 25.9. The molecule has 0 atom stereocenters. The van der Waals surface area contributed by atoms with Crippen LogP contribution < -0.4 is 10.7 Å². The SMILES string of the molecule is C/C=C/CCNC(=O)c1c[nH]c(C)cc1=O. The molecule has 2 N–H and O–H groups in total. The van der Waals surface area contributed by atoms with E-state index in [-0.39, 0.29) is 16.9 Å². The quantitative estimate of drug-likeness (QED) is 0.595. The smallest absolute Gasteiger partial charge is 0.256 e. The summed E-state index contributed by atoms with van der Waals surface area (Å²) in [7, 11) is 0. The molecule has 4 heteroatoms. The summed E-state index contributed by atoms with van der Waals surface area (Å²) in [5, 5.41) is 2.68. The first-order valence-corrected chi connectivity index (χ1v) is 5.24. The molecule has 4 nitrogen and oxygen atoms in total. The monoisotopic (exact) mass is 220 g/mol. The van der Waals surface area contributed by atoms with Gasteiger partial charge in [-0.2, -0.15) is 0 Å². The zero-order valence-electron chi connectivity index (χ0n) is 9.54. The number of aromatic nitrogens is 1. The highest BCUT2D eigenvalue weighted by atomic mass is 16.2. The van der Waals surface area contributed by atoms with Gasteiger partial charge in [0.05, 0.1) is 0 Å². The number of pyridine rings is 1. The highest BCUT2D eigenvalue weighted by Crippen LogP contribution is 1.92. The van der Waals surface area contributed by atoms with Crippen LogP contribution in [0, 0.1) is 6.92 Å². The number of allylic oxidation sites excluding steroid dienone is 1. The van der Waals surface area contributed by atoms with Crippen LogP contribution in [0.15, 0.2) is 29.2 Å². The maximum Gasteiger partial charge on any atom is 0.256 e. The van der Waals surface area contributed by atoms with E-state index in [0.29, 0.717) is 6.54 Å². The van der Waals surface area contributed by atoms with E-state index in [4.69, 9.17) is 0 Å². The van der Waals surface area contributed by atoms with Gasteiger partial charge in [-0.3, -0.25) is 9.59 Å². The third-order valence-corrected chi connectivity index (χ3v) is 2.13. The van der Waals surface area contributed by atoms with Gasteiger partial charge in [0.15, 0.2) is 5.43 Å². The van der Waals surface area contributed by atoms with Gasteiger partial charge in [-0.05, 0) is 20.3 Å². The number of aryl methyl sites for hydroxylation is 1. The lowest BCUT2D eigenvalue weighted by Gasteiger charge is -2.02. The summed E-state index contributed by atoms with van der Waals surface area (Å²) in [6.45, 7) is 4.23. The molecule has 0 aliphatic heterocycles. The largest absolute Gasteiger partial charge is 0.364 e. The maximum absolute atomic E-state index is 11.6. The number of carbonyl (C=O) groups excluding carboxylic acids is 1. The molecule has 1 aromatic rings. The Morgan fingerprint density at radius 2 is 2.31 bits per heavy atom. The molecule has 1 heterocycles. The fourth-order valence-electron chi connectivity index (χ4n) is 1.28. The Morgan fingerprint density at radius 3 is 2.94 bits per heavy atom. The first kappa shape index (κ1) is 12.2. The fourth-order valence-corrected chi connectivity index (χ4v) is 1.28. The predicted molar refractivity (Wildman–Crippen MR) is 63.6 cm³/mol. The van der Waals surface area contributed by atoms with Crippen LogP contribution in [0.5, 0.6) is 0 Å². The number of hydrogen-bond donors (Lipinski definition) is 2. The molecule has 0 aromatic carbocycles. The van der Waals surface area contributed by atoms with Gasteiger partial charge in [0.2, 0.25) is 0 Å². The number of amides is 1. The van der Waals surface area contributed by atoms with Crippen LogP contribution in [0.1, 0.15) is 29.4 Å². The Hall–Kier alpha value is -1.84. The van der Waals surface area contributed by atoms with Gasteiger partial charge in [-0.15, -0.1) is 0 Å². The minimum atomic E-state index is -0.328. The average molecular weight is 220 g/mol. The van der Waals surface area contributed by atoms with Crippen LogP contribution >= 0.6 is 0 Å². The molecule has 0 unspecified atom stereocenters. The standard InChI is InChI=1S/C12H16N2O2/c1-3-4-5-6-13-12(16)10-8-14-9(2)7-11(10)15/h3-4,7-8H,5-6H2,1-2H3,(H,13,16)(H,14,15)/b4-3+. The number of aromatic amines is 1. The third kappa shape index (κ3) is 3.38. The Labute approximate surface area is 94.4 Å². The zero-order chi connectivity index (χ0) is 12.0. The zero-order valence-corrected chi connectivity index (χ0v) is 9.54. The molecule has 0 saturated heterocycles. The molecule has 86 valence electrons. The van der Waals surface area contributed by atoms with E-state index >= 15 is 0 Å². The molecule has 0 aliphatic carbocycles. The molecule has 0 bridgehead atoms. The number of H-pyrrole nitrogens is 1. The lowest BCUT2D eigenvalue weighted by molar-refractivity contribution is 0.0953. The Morgan fingerprint density at radius 1 is 1.56 bits per heavy atom. The van der Waals surface area contributed by atoms with Gasteiger partial charge in [-0.25, -0.2) is 0 Å². The Bertz CT molecular complexity index is 447. The van der Waals surface area contributed by atoms with E-state index in [9.17, 15) is 9.59 Å². The van der Waals surface area contributed by atoms with Crippen LogP contribution in [-0.4, -0.2) is 17.4 Å². The van der Waals surface area contributed by atoms with Crippen LogP contribution in [0.25, 0.3) is 0 Å². The first-order valence-electron chi connectivity index (χ1n) is 5.24. The number of nitrogens with one attached hydrogen (secondary N) is 2. The van der Waals surface area contributed by atoms with Crippen molar-refractivity contribution in [2.75, 3.05) is 6.54 Å². The van der Waals surface area contributed by atoms with Crippen molar-refractivity contribution in [3.05, 3.63) is 45.9 Å². The van der Waals surface area contributed by atoms with Crippen molar-refractivity contribution in [2.24, 2.45) is 0 Å². The maximum atomic E-state index is 11.6. The molecule has 0 fully saturated rings. The normalized spacial score (nSPS) is 10.6. The predicted octanol–water partition coefficient (Wildman–Crippen LogP) is 1.38. The van der Waals surface area contributed by atoms with E-state index in [1.165, 1.54) is 12.3 Å². The molecular weight excluding hydrogens is 204 g/mol. The second-order valence-electron chi connectivity index (χ2n) is 3.51. The molecular formula is C12H16N2O2. The summed E-state index contributed by atoms with van der Waals surface area (Å²) in [6.07, 6.45) is 6.10. The van der Waals surface area contributed by atoms with Crippen molar-refractivity contribution in [3.8, 4) is 0 Å². The van der Waals surface area contributed by atoms with Crippen LogP contribution in [-0.2, 0) is 0 Å². The number of hydrogen-bond acceptors (Lipinski definition) is 2. The van der Waals surface area contributed by atoms with Crippen molar-refractivity contribution in [3.63, 3.8) is 0 Å². The van der Waals surface area contributed by atoms with Crippen LogP contribution in [0.2, 0.25) is 0 Å². The molecule has 1 amide bonds. The Kier molecular flexibility index (Phi) is 4.51. The first-order chi connectivity index (χ1) is 7.65. The molecule has 16 heavy (non-hydrogen) atoms. The molecule has 0 radical (unpaired) electrons. The molecule has 1 rings (SSSR count). The summed E-state index contributed by atoms with van der Waals surface area (Å²) < 4.78 is 0. The van der Waals surface area contributed by atoms with E-state index in [1.807, 2.05) is 19.1 Å². The highest BCUT2D eigenvalue weighted by Gasteiger charge is 2.08. The molecule has 0 aliphatic rings. The topological polar surface area (TPSA) is 62.0 Å². The highest BCUT2D eigenvalue weighted by molar-refractivity contribution is 5.93.